The highest BCUT2D eigenvalue weighted by molar-refractivity contribution is 5.30. The lowest BCUT2D eigenvalue weighted by Gasteiger charge is -1.98. The average molecular weight is 237 g/mol. The summed E-state index contributed by atoms with van der Waals surface area (Å²) < 4.78 is 14.1. The normalized spacial score (nSPS) is 10.7. The van der Waals surface area contributed by atoms with Crippen LogP contribution in [0.4, 0.5) is 4.39 Å². The molecule has 2 N–H and O–H groups in total. The first-order valence-electron chi connectivity index (χ1n) is 5.26. The molecule has 0 saturated heterocycles. The summed E-state index contributed by atoms with van der Waals surface area (Å²) in [7, 11) is 0. The van der Waals surface area contributed by atoms with Crippen LogP contribution >= 0.6 is 0 Å². The van der Waals surface area contributed by atoms with E-state index in [9.17, 15) is 9.18 Å². The molecular weight excluding hydrogens is 225 g/mol. The van der Waals surface area contributed by atoms with E-state index in [2.05, 4.69) is 10.1 Å². The number of hydrogen-bond acceptors (Lipinski definition) is 3. The van der Waals surface area contributed by atoms with Crippen molar-refractivity contribution >= 4 is 0 Å². The van der Waals surface area contributed by atoms with Gasteiger partial charge in [0, 0.05) is 13.0 Å². The highest BCUT2D eigenvalue weighted by atomic mass is 19.1. The number of nitrogens with one attached hydrogen (secondary N) is 1. The van der Waals surface area contributed by atoms with Gasteiger partial charge in [0.15, 0.2) is 0 Å². The van der Waals surface area contributed by atoms with Gasteiger partial charge in [-0.25, -0.2) is 9.18 Å². The summed E-state index contributed by atoms with van der Waals surface area (Å²) in [5.74, 6) is 0.0580. The monoisotopic (exact) mass is 237 g/mol. The molecule has 0 aliphatic heterocycles. The summed E-state index contributed by atoms with van der Waals surface area (Å²) in [6.45, 7) is 0.0366. The van der Waals surface area contributed by atoms with E-state index in [4.69, 9.17) is 5.11 Å². The van der Waals surface area contributed by atoms with Crippen molar-refractivity contribution in [3.8, 4) is 5.69 Å². The van der Waals surface area contributed by atoms with Gasteiger partial charge in [0.05, 0.1) is 5.69 Å². The van der Waals surface area contributed by atoms with E-state index in [1.807, 2.05) is 0 Å². The van der Waals surface area contributed by atoms with Crippen molar-refractivity contribution in [2.24, 2.45) is 0 Å². The number of H-pyrrole nitrogens is 1. The maximum absolute atomic E-state index is 13.0. The van der Waals surface area contributed by atoms with Crippen LogP contribution in [0.1, 0.15) is 12.2 Å². The Morgan fingerprint density at radius 1 is 1.47 bits per heavy atom. The number of nitrogens with zero attached hydrogens (tertiary/aromatic N) is 2. The van der Waals surface area contributed by atoms with Crippen LogP contribution in [0.5, 0.6) is 0 Å². The summed E-state index contributed by atoms with van der Waals surface area (Å²) in [6, 6.07) is 5.65. The van der Waals surface area contributed by atoms with Crippen molar-refractivity contribution in [3.63, 3.8) is 0 Å². The van der Waals surface area contributed by atoms with E-state index in [1.54, 1.807) is 6.07 Å². The van der Waals surface area contributed by atoms with Gasteiger partial charge in [0.1, 0.15) is 11.6 Å². The average Bonchev–Trinajstić information content (AvgIpc) is 2.68. The van der Waals surface area contributed by atoms with Gasteiger partial charge >= 0.3 is 5.69 Å². The lowest BCUT2D eigenvalue weighted by atomic mass is 10.3. The Kier molecular flexibility index (Phi) is 3.34. The highest BCUT2D eigenvalue weighted by Crippen LogP contribution is 2.06. The van der Waals surface area contributed by atoms with Crippen molar-refractivity contribution in [1.29, 1.82) is 0 Å². The molecule has 0 saturated carbocycles. The Hall–Kier alpha value is -1.95. The fourth-order valence-electron chi connectivity index (χ4n) is 1.51. The molecule has 0 unspecified atom stereocenters. The Morgan fingerprint density at radius 2 is 2.29 bits per heavy atom. The topological polar surface area (TPSA) is 70.9 Å². The molecule has 90 valence electrons. The molecule has 1 heterocycles. The molecule has 0 fully saturated rings. The number of aromatic nitrogens is 3. The quantitative estimate of drug-likeness (QED) is 0.819. The van der Waals surface area contributed by atoms with Gasteiger partial charge in [0.25, 0.3) is 0 Å². The van der Waals surface area contributed by atoms with Gasteiger partial charge in [-0.3, -0.25) is 4.98 Å². The Labute approximate surface area is 96.5 Å². The van der Waals surface area contributed by atoms with Gasteiger partial charge in [-0.1, -0.05) is 6.07 Å². The van der Waals surface area contributed by atoms with E-state index >= 15 is 0 Å². The number of benzene rings is 1. The molecule has 0 radical (unpaired) electrons. The second-order valence-corrected chi connectivity index (χ2v) is 3.60. The molecule has 0 atom stereocenters. The number of aliphatic hydroxyl groups excluding tert-OH is 1. The van der Waals surface area contributed by atoms with Crippen LogP contribution in [0.15, 0.2) is 29.1 Å². The summed E-state index contributed by atoms with van der Waals surface area (Å²) in [5, 5.41) is 12.7. The molecule has 0 bridgehead atoms. The summed E-state index contributed by atoms with van der Waals surface area (Å²) in [6.07, 6.45) is 1.00. The molecular formula is C11H12FN3O2. The van der Waals surface area contributed by atoms with Crippen molar-refractivity contribution in [1.82, 2.24) is 14.8 Å². The van der Waals surface area contributed by atoms with E-state index in [0.717, 1.165) is 4.68 Å². The molecule has 0 aliphatic carbocycles. The lowest BCUT2D eigenvalue weighted by molar-refractivity contribution is 0.287. The molecule has 2 aromatic rings. The van der Waals surface area contributed by atoms with Crippen LogP contribution in [0.3, 0.4) is 0 Å². The second kappa shape index (κ2) is 4.92. The fourth-order valence-corrected chi connectivity index (χ4v) is 1.51. The highest BCUT2D eigenvalue weighted by Gasteiger charge is 2.07. The first kappa shape index (κ1) is 11.5. The fraction of sp³-hybridized carbons (Fsp3) is 0.273. The molecule has 2 rings (SSSR count). The molecule has 5 nitrogen and oxygen atoms in total. The smallest absolute Gasteiger partial charge is 0.348 e. The minimum absolute atomic E-state index is 0.0366. The van der Waals surface area contributed by atoms with Gasteiger partial charge in [-0.15, -0.1) is 0 Å². The number of aliphatic hydroxyl groups is 1. The third-order valence-electron chi connectivity index (χ3n) is 2.29. The Bertz CT molecular complexity index is 562. The predicted molar refractivity (Wildman–Crippen MR) is 59.5 cm³/mol. The zero-order valence-electron chi connectivity index (χ0n) is 9.06. The van der Waals surface area contributed by atoms with E-state index in [0.29, 0.717) is 24.4 Å². The SMILES string of the molecule is O=c1[nH]c(CCCO)nn1-c1cccc(F)c1. The summed E-state index contributed by atoms with van der Waals surface area (Å²) >= 11 is 0. The van der Waals surface area contributed by atoms with E-state index < -0.39 is 11.5 Å². The van der Waals surface area contributed by atoms with Gasteiger partial charge in [-0.05, 0) is 24.6 Å². The van der Waals surface area contributed by atoms with Crippen LogP contribution in [0.2, 0.25) is 0 Å². The summed E-state index contributed by atoms with van der Waals surface area (Å²) in [4.78, 5) is 14.1. The number of rotatable bonds is 4. The number of halogens is 1. The van der Waals surface area contributed by atoms with Crippen molar-refractivity contribution < 1.29 is 9.50 Å². The molecule has 1 aromatic heterocycles. The van der Waals surface area contributed by atoms with Crippen LogP contribution in [0, 0.1) is 5.82 Å². The van der Waals surface area contributed by atoms with Gasteiger partial charge in [0.2, 0.25) is 0 Å². The molecule has 0 spiro atoms. The van der Waals surface area contributed by atoms with E-state index in [1.165, 1.54) is 18.2 Å². The molecule has 0 amide bonds. The zero-order valence-corrected chi connectivity index (χ0v) is 9.06. The molecule has 1 aromatic carbocycles. The summed E-state index contributed by atoms with van der Waals surface area (Å²) in [5.41, 5.74) is -0.0370. The van der Waals surface area contributed by atoms with Gasteiger partial charge in [-0.2, -0.15) is 9.78 Å². The standard InChI is InChI=1S/C11H12FN3O2/c12-8-3-1-4-9(7-8)15-11(17)13-10(14-15)5-2-6-16/h1,3-4,7,16H,2,5-6H2,(H,13,14,17). The van der Waals surface area contributed by atoms with Crippen molar-refractivity contribution in [2.75, 3.05) is 6.61 Å². The van der Waals surface area contributed by atoms with Crippen molar-refractivity contribution in [3.05, 3.63) is 46.4 Å². The second-order valence-electron chi connectivity index (χ2n) is 3.60. The minimum atomic E-state index is -0.422. The number of hydrogen-bond donors (Lipinski definition) is 2. The third kappa shape index (κ3) is 2.59. The lowest BCUT2D eigenvalue weighted by Crippen LogP contribution is -2.15. The first-order valence-corrected chi connectivity index (χ1v) is 5.26. The Balaban J connectivity index is 2.33. The van der Waals surface area contributed by atoms with Crippen LogP contribution in [-0.2, 0) is 6.42 Å². The predicted octanol–water partition coefficient (Wildman–Crippen LogP) is 0.625. The Morgan fingerprint density at radius 3 is 3.00 bits per heavy atom. The van der Waals surface area contributed by atoms with Crippen LogP contribution < -0.4 is 5.69 Å². The van der Waals surface area contributed by atoms with E-state index in [-0.39, 0.29) is 6.61 Å². The number of aryl methyl sites for hydroxylation is 1. The third-order valence-corrected chi connectivity index (χ3v) is 2.29. The molecule has 6 heteroatoms. The van der Waals surface area contributed by atoms with Crippen LogP contribution in [-0.4, -0.2) is 26.5 Å². The van der Waals surface area contributed by atoms with Crippen molar-refractivity contribution in [2.45, 2.75) is 12.8 Å². The zero-order chi connectivity index (χ0) is 12.3. The van der Waals surface area contributed by atoms with Crippen LogP contribution in [0.25, 0.3) is 5.69 Å². The molecule has 17 heavy (non-hydrogen) atoms. The van der Waals surface area contributed by atoms with Gasteiger partial charge < -0.3 is 5.11 Å². The molecule has 0 aliphatic rings. The number of aromatic amines is 1. The maximum atomic E-state index is 13.0. The minimum Gasteiger partial charge on any atom is -0.396 e. The first-order chi connectivity index (χ1) is 8.20. The largest absolute Gasteiger partial charge is 0.396 e. The maximum Gasteiger partial charge on any atom is 0.348 e.